The first-order valence-corrected chi connectivity index (χ1v) is 7.35. The van der Waals surface area contributed by atoms with Crippen LogP contribution in [0.4, 0.5) is 0 Å². The third-order valence-corrected chi connectivity index (χ3v) is 4.50. The molecule has 2 fully saturated rings. The normalized spacial score (nSPS) is 24.1. The van der Waals surface area contributed by atoms with Crippen molar-refractivity contribution in [3.05, 3.63) is 23.7 Å². The second-order valence-corrected chi connectivity index (χ2v) is 6.09. The van der Waals surface area contributed by atoms with Crippen molar-refractivity contribution in [2.75, 3.05) is 40.3 Å². The fraction of sp³-hybridized carbons (Fsp3) is 0.600. The number of ether oxygens (including phenoxy) is 1. The zero-order chi connectivity index (χ0) is 15.9. The molecule has 0 radical (unpaired) electrons. The van der Waals surface area contributed by atoms with E-state index in [2.05, 4.69) is 5.32 Å². The number of carbonyl (C=O) groups is 2. The number of likely N-dealkylation sites (N-methyl/N-ethyl adjacent to an activating group) is 2. The fourth-order valence-electron chi connectivity index (χ4n) is 3.20. The average molecular weight is 307 g/mol. The Morgan fingerprint density at radius 1 is 1.36 bits per heavy atom. The Morgan fingerprint density at radius 3 is 2.64 bits per heavy atom. The molecule has 1 aromatic rings. The van der Waals surface area contributed by atoms with E-state index >= 15 is 0 Å². The fourth-order valence-corrected chi connectivity index (χ4v) is 3.20. The van der Waals surface area contributed by atoms with Crippen LogP contribution in [-0.4, -0.2) is 73.6 Å². The number of carbonyl (C=O) groups excluding carboxylic acids is 2. The predicted molar refractivity (Wildman–Crippen MR) is 78.5 cm³/mol. The van der Waals surface area contributed by atoms with Crippen LogP contribution in [0.15, 0.2) is 16.7 Å². The molecule has 0 unspecified atom stereocenters. The van der Waals surface area contributed by atoms with E-state index in [0.29, 0.717) is 37.6 Å². The predicted octanol–water partition coefficient (Wildman–Crippen LogP) is -0.141. The van der Waals surface area contributed by atoms with Gasteiger partial charge in [0, 0.05) is 13.6 Å². The van der Waals surface area contributed by atoms with Crippen molar-refractivity contribution in [1.29, 1.82) is 0 Å². The first-order chi connectivity index (χ1) is 10.5. The molecule has 0 saturated carbocycles. The minimum absolute atomic E-state index is 0.0310. The summed E-state index contributed by atoms with van der Waals surface area (Å²) >= 11 is 0. The average Bonchev–Trinajstić information content (AvgIpc) is 2.89. The van der Waals surface area contributed by atoms with Gasteiger partial charge in [-0.05, 0) is 20.0 Å². The first kappa shape index (κ1) is 15.1. The van der Waals surface area contributed by atoms with Crippen LogP contribution in [0.3, 0.4) is 0 Å². The molecule has 1 spiro atoms. The number of likely N-dealkylation sites (tertiary alicyclic amines) is 1. The molecule has 120 valence electrons. The Kier molecular flexibility index (Phi) is 3.70. The number of hydrogen-bond acceptors (Lipinski definition) is 5. The second kappa shape index (κ2) is 5.40. The summed E-state index contributed by atoms with van der Waals surface area (Å²) in [6, 6.07) is 1.43. The lowest BCUT2D eigenvalue weighted by molar-refractivity contribution is -0.187. The quantitative estimate of drug-likeness (QED) is 0.823. The zero-order valence-electron chi connectivity index (χ0n) is 13.1. The van der Waals surface area contributed by atoms with E-state index in [0.717, 1.165) is 0 Å². The van der Waals surface area contributed by atoms with Crippen LogP contribution < -0.4 is 5.32 Å². The number of aryl methyl sites for hydroxylation is 1. The van der Waals surface area contributed by atoms with Crippen LogP contribution in [0, 0.1) is 6.92 Å². The van der Waals surface area contributed by atoms with E-state index in [4.69, 9.17) is 9.15 Å². The molecular formula is C15H21N3O4. The Morgan fingerprint density at radius 2 is 2.09 bits per heavy atom. The van der Waals surface area contributed by atoms with Gasteiger partial charge in [0.1, 0.15) is 17.4 Å². The summed E-state index contributed by atoms with van der Waals surface area (Å²) < 4.78 is 11.1. The van der Waals surface area contributed by atoms with Gasteiger partial charge in [-0.15, -0.1) is 0 Å². The van der Waals surface area contributed by atoms with E-state index in [1.54, 1.807) is 24.9 Å². The molecule has 1 aromatic heterocycles. The third kappa shape index (κ3) is 2.40. The van der Waals surface area contributed by atoms with Gasteiger partial charge in [0.15, 0.2) is 0 Å². The summed E-state index contributed by atoms with van der Waals surface area (Å²) in [5.74, 6) is 0.558. The molecule has 1 N–H and O–H groups in total. The number of furan rings is 1. The van der Waals surface area contributed by atoms with Gasteiger partial charge in [0.25, 0.3) is 5.91 Å². The van der Waals surface area contributed by atoms with Gasteiger partial charge in [0.05, 0.1) is 31.5 Å². The van der Waals surface area contributed by atoms with E-state index in [9.17, 15) is 9.59 Å². The Hall–Kier alpha value is -1.86. The highest BCUT2D eigenvalue weighted by molar-refractivity contribution is 5.95. The summed E-state index contributed by atoms with van der Waals surface area (Å²) in [6.45, 7) is 3.85. The second-order valence-electron chi connectivity index (χ2n) is 6.09. The van der Waals surface area contributed by atoms with E-state index in [-0.39, 0.29) is 23.5 Å². The summed E-state index contributed by atoms with van der Waals surface area (Å²) in [5.41, 5.74) is 0.245. The highest BCUT2D eigenvalue weighted by Gasteiger charge is 2.51. The summed E-state index contributed by atoms with van der Waals surface area (Å²) in [5, 5.41) is 2.64. The lowest BCUT2D eigenvalue weighted by Gasteiger charge is -2.54. The van der Waals surface area contributed by atoms with Gasteiger partial charge in [-0.3, -0.25) is 14.5 Å². The monoisotopic (exact) mass is 307 g/mol. The number of nitrogens with zero attached hydrogens (tertiary/aromatic N) is 2. The Bertz CT molecular complexity index is 591. The maximum absolute atomic E-state index is 12.4. The maximum Gasteiger partial charge on any atom is 0.257 e. The van der Waals surface area contributed by atoms with Crippen LogP contribution in [0.1, 0.15) is 16.1 Å². The van der Waals surface area contributed by atoms with Gasteiger partial charge in [-0.1, -0.05) is 0 Å². The van der Waals surface area contributed by atoms with E-state index in [1.807, 2.05) is 11.9 Å². The van der Waals surface area contributed by atoms with Gasteiger partial charge in [-0.25, -0.2) is 0 Å². The van der Waals surface area contributed by atoms with Crippen molar-refractivity contribution >= 4 is 11.8 Å². The SMILES string of the molecule is CNC(=O)[C@@H]1COC2(CN(C(=O)c3ccoc3C)C2)CN1C. The molecule has 2 aliphatic heterocycles. The van der Waals surface area contributed by atoms with Crippen LogP contribution in [0.5, 0.6) is 0 Å². The summed E-state index contributed by atoms with van der Waals surface area (Å²) in [7, 11) is 3.53. The van der Waals surface area contributed by atoms with Gasteiger partial charge in [0.2, 0.25) is 5.91 Å². The lowest BCUT2D eigenvalue weighted by Crippen LogP contribution is -2.73. The number of nitrogens with one attached hydrogen (secondary N) is 1. The van der Waals surface area contributed by atoms with Gasteiger partial charge < -0.3 is 19.4 Å². The van der Waals surface area contributed by atoms with Gasteiger partial charge in [-0.2, -0.15) is 0 Å². The highest BCUT2D eigenvalue weighted by Crippen LogP contribution is 2.32. The molecule has 7 heteroatoms. The molecule has 2 aliphatic rings. The van der Waals surface area contributed by atoms with Crippen molar-refractivity contribution < 1.29 is 18.7 Å². The van der Waals surface area contributed by atoms with Crippen LogP contribution in [-0.2, 0) is 9.53 Å². The summed E-state index contributed by atoms with van der Waals surface area (Å²) in [4.78, 5) is 27.9. The largest absolute Gasteiger partial charge is 0.469 e. The van der Waals surface area contributed by atoms with Crippen molar-refractivity contribution in [2.45, 2.75) is 18.6 Å². The minimum atomic E-state index is -0.355. The minimum Gasteiger partial charge on any atom is -0.469 e. The van der Waals surface area contributed by atoms with Crippen LogP contribution >= 0.6 is 0 Å². The molecular weight excluding hydrogens is 286 g/mol. The molecule has 2 saturated heterocycles. The molecule has 2 amide bonds. The highest BCUT2D eigenvalue weighted by atomic mass is 16.5. The molecule has 3 rings (SSSR count). The third-order valence-electron chi connectivity index (χ3n) is 4.50. The molecule has 7 nitrogen and oxygen atoms in total. The number of amides is 2. The maximum atomic E-state index is 12.4. The van der Waals surface area contributed by atoms with Crippen molar-refractivity contribution in [2.24, 2.45) is 0 Å². The number of rotatable bonds is 2. The standard InChI is InChI=1S/C15H21N3O4/c1-10-11(4-5-21-10)14(20)18-8-15(9-18)7-17(3)12(6-22-15)13(19)16-2/h4-5,12H,6-9H2,1-3H3,(H,16,19)/t12-/m0/s1. The first-order valence-electron chi connectivity index (χ1n) is 7.35. The van der Waals surface area contributed by atoms with Gasteiger partial charge >= 0.3 is 0 Å². The number of morpholine rings is 1. The molecule has 1 atom stereocenters. The van der Waals surface area contributed by atoms with Crippen LogP contribution in [0.25, 0.3) is 0 Å². The van der Waals surface area contributed by atoms with Crippen molar-refractivity contribution in [3.63, 3.8) is 0 Å². The molecule has 22 heavy (non-hydrogen) atoms. The molecule has 0 aliphatic carbocycles. The smallest absolute Gasteiger partial charge is 0.257 e. The number of hydrogen-bond donors (Lipinski definition) is 1. The van der Waals surface area contributed by atoms with Crippen molar-refractivity contribution in [3.8, 4) is 0 Å². The summed E-state index contributed by atoms with van der Waals surface area (Å²) in [6.07, 6.45) is 1.52. The van der Waals surface area contributed by atoms with E-state index in [1.165, 1.54) is 6.26 Å². The van der Waals surface area contributed by atoms with Crippen LogP contribution in [0.2, 0.25) is 0 Å². The Balaban J connectivity index is 1.60. The topological polar surface area (TPSA) is 75.0 Å². The lowest BCUT2D eigenvalue weighted by atomic mass is 9.90. The van der Waals surface area contributed by atoms with E-state index < -0.39 is 0 Å². The molecule has 3 heterocycles. The van der Waals surface area contributed by atoms with Crippen molar-refractivity contribution in [1.82, 2.24) is 15.1 Å². The zero-order valence-corrected chi connectivity index (χ0v) is 13.1. The Labute approximate surface area is 129 Å². The molecule has 0 aromatic carbocycles. The molecule has 0 bridgehead atoms.